The summed E-state index contributed by atoms with van der Waals surface area (Å²) in [4.78, 5) is 62.0. The number of aromatic hydroxyl groups is 1. The number of carbonyl (C=O) groups is 4. The highest BCUT2D eigenvalue weighted by Crippen LogP contribution is 2.65. The molecular weight excluding hydrogens is 676 g/mol. The number of halogens is 1. The van der Waals surface area contributed by atoms with Gasteiger partial charge in [0.25, 0.3) is 0 Å². The Hall–Kier alpha value is -4.93. The van der Waals surface area contributed by atoms with E-state index in [9.17, 15) is 19.5 Å². The van der Waals surface area contributed by atoms with Crippen LogP contribution in [0.25, 0.3) is 0 Å². The molecule has 9 nitrogen and oxygen atoms in total. The van der Waals surface area contributed by atoms with E-state index in [2.05, 4.69) is 0 Å². The third kappa shape index (κ3) is 4.58. The predicted molar refractivity (Wildman–Crippen MR) is 187 cm³/mol. The molecule has 2 aliphatic heterocycles. The van der Waals surface area contributed by atoms with Crippen LogP contribution in [0.15, 0.2) is 95.9 Å². The van der Waals surface area contributed by atoms with E-state index in [1.807, 2.05) is 53.9 Å². The maximum Gasteiger partial charge on any atom is 0.246 e. The summed E-state index contributed by atoms with van der Waals surface area (Å²) in [7, 11) is 2.86. The molecule has 0 radical (unpaired) electrons. The number of thiophene rings is 1. The van der Waals surface area contributed by atoms with E-state index in [4.69, 9.17) is 21.1 Å². The van der Waals surface area contributed by atoms with Crippen LogP contribution >= 0.6 is 22.9 Å². The van der Waals surface area contributed by atoms with Crippen molar-refractivity contribution in [2.45, 2.75) is 30.7 Å². The van der Waals surface area contributed by atoms with Crippen molar-refractivity contribution in [3.8, 4) is 17.2 Å². The molecule has 11 heteroatoms. The number of fused-ring (bicyclic) bond motifs is 4. The number of imide groups is 2. The maximum atomic E-state index is 15.4. The van der Waals surface area contributed by atoms with E-state index >= 15 is 4.79 Å². The van der Waals surface area contributed by atoms with Crippen LogP contribution in [0, 0.1) is 23.7 Å². The molecule has 3 heterocycles. The summed E-state index contributed by atoms with van der Waals surface area (Å²) in [5.74, 6) is -4.78. The van der Waals surface area contributed by atoms with E-state index in [1.165, 1.54) is 35.4 Å². The highest BCUT2D eigenvalue weighted by Gasteiger charge is 2.70. The van der Waals surface area contributed by atoms with Crippen LogP contribution in [0.2, 0.25) is 5.02 Å². The van der Waals surface area contributed by atoms with Gasteiger partial charge in [-0.2, -0.15) is 0 Å². The number of nitrogens with zero attached hydrogens (tertiary/aromatic N) is 2. The van der Waals surface area contributed by atoms with Crippen molar-refractivity contribution in [1.29, 1.82) is 0 Å². The topological polar surface area (TPSA) is 113 Å². The van der Waals surface area contributed by atoms with Gasteiger partial charge in [-0.3, -0.25) is 24.1 Å². The lowest BCUT2D eigenvalue weighted by Crippen LogP contribution is -2.53. The van der Waals surface area contributed by atoms with Crippen molar-refractivity contribution in [2.24, 2.45) is 23.7 Å². The van der Waals surface area contributed by atoms with Gasteiger partial charge >= 0.3 is 0 Å². The van der Waals surface area contributed by atoms with E-state index in [-0.39, 0.29) is 42.0 Å². The minimum atomic E-state index is -1.47. The Morgan fingerprint density at radius 1 is 0.880 bits per heavy atom. The lowest BCUT2D eigenvalue weighted by atomic mass is 9.49. The fourth-order valence-corrected chi connectivity index (χ4v) is 9.86. The Morgan fingerprint density at radius 3 is 2.28 bits per heavy atom. The van der Waals surface area contributed by atoms with Crippen LogP contribution in [0.1, 0.15) is 34.8 Å². The third-order valence-corrected chi connectivity index (χ3v) is 12.1. The molecule has 1 aromatic heterocycles. The van der Waals surface area contributed by atoms with Crippen LogP contribution in [-0.2, 0) is 31.1 Å². The minimum absolute atomic E-state index is 0.133. The van der Waals surface area contributed by atoms with E-state index in [1.54, 1.807) is 36.4 Å². The first-order chi connectivity index (χ1) is 24.2. The average Bonchev–Trinajstić information content (AvgIpc) is 3.79. The highest BCUT2D eigenvalue weighted by atomic mass is 35.5. The minimum Gasteiger partial charge on any atom is -0.502 e. The molecule has 4 aliphatic rings. The molecule has 3 aromatic carbocycles. The second-order valence-corrected chi connectivity index (χ2v) is 14.7. The van der Waals surface area contributed by atoms with Gasteiger partial charge in [-0.15, -0.1) is 11.3 Å². The summed E-state index contributed by atoms with van der Waals surface area (Å²) in [6, 6.07) is 23.1. The molecule has 6 atom stereocenters. The molecule has 4 aromatic rings. The number of phenolic OH excluding ortho intramolecular Hbond substituents is 1. The normalized spacial score (nSPS) is 27.2. The van der Waals surface area contributed by atoms with Gasteiger partial charge in [0.15, 0.2) is 11.5 Å². The molecule has 1 N–H and O–H groups in total. The molecular formula is C39H33ClN2O7S. The Kier molecular flexibility index (Phi) is 7.84. The van der Waals surface area contributed by atoms with Crippen molar-refractivity contribution in [2.75, 3.05) is 19.1 Å². The van der Waals surface area contributed by atoms with Crippen LogP contribution in [0.3, 0.4) is 0 Å². The van der Waals surface area contributed by atoms with Gasteiger partial charge in [-0.1, -0.05) is 65.7 Å². The number of rotatable bonds is 7. The molecule has 3 fully saturated rings. The van der Waals surface area contributed by atoms with Crippen molar-refractivity contribution >= 4 is 52.3 Å². The van der Waals surface area contributed by atoms with Crippen molar-refractivity contribution in [1.82, 2.24) is 4.90 Å². The molecule has 0 spiro atoms. The summed E-state index contributed by atoms with van der Waals surface area (Å²) >= 11 is 7.89. The summed E-state index contributed by atoms with van der Waals surface area (Å²) in [5.41, 5.74) is 0.889. The monoisotopic (exact) mass is 708 g/mol. The standard InChI is InChI=1S/C39H33ClN2O7S/c1-48-30-16-21(17-31(49-2)34(30)43)33-26-13-14-27-32(37(46)41(35(27)44)20-25-12-7-15-50-25)28(26)19-29-36(45)42(24-11-6-10-23(40)18-24)38(47)39(29,33)22-8-4-3-5-9-22/h3-13,15-18,27-29,32-33,43H,14,19-20H2,1-2H3/t27-,28+,29-,32-,33-,39+/m0/s1. The van der Waals surface area contributed by atoms with Gasteiger partial charge in [-0.25, -0.2) is 4.90 Å². The summed E-state index contributed by atoms with van der Waals surface area (Å²) < 4.78 is 11.2. The van der Waals surface area contributed by atoms with Gasteiger partial charge in [0.1, 0.15) is 0 Å². The van der Waals surface area contributed by atoms with Crippen LogP contribution < -0.4 is 14.4 Å². The second kappa shape index (κ2) is 12.1. The fourth-order valence-electron chi connectivity index (χ4n) is 8.98. The quantitative estimate of drug-likeness (QED) is 0.173. The number of anilines is 1. The number of hydrogen-bond acceptors (Lipinski definition) is 8. The Balaban J connectivity index is 1.37. The summed E-state index contributed by atoms with van der Waals surface area (Å²) in [6.45, 7) is 0.192. The molecule has 8 rings (SSSR count). The number of amides is 4. The lowest BCUT2D eigenvalue weighted by molar-refractivity contribution is -0.141. The van der Waals surface area contributed by atoms with Gasteiger partial charge in [0.05, 0.1) is 49.6 Å². The predicted octanol–water partition coefficient (Wildman–Crippen LogP) is 6.49. The Labute approximate surface area is 297 Å². The molecule has 4 amide bonds. The van der Waals surface area contributed by atoms with E-state index in [0.717, 1.165) is 10.5 Å². The highest BCUT2D eigenvalue weighted by molar-refractivity contribution is 7.09. The van der Waals surface area contributed by atoms with Gasteiger partial charge in [-0.05, 0) is 71.7 Å². The van der Waals surface area contributed by atoms with Gasteiger partial charge in [0.2, 0.25) is 29.4 Å². The Morgan fingerprint density at radius 2 is 1.62 bits per heavy atom. The number of allylic oxidation sites excluding steroid dienone is 2. The summed E-state index contributed by atoms with van der Waals surface area (Å²) in [6.07, 6.45) is 2.49. The SMILES string of the molecule is COc1cc([C@H]2C3=CC[C@@H]4C(=O)N(Cc5cccs5)C(=O)[C@@H]4[C@@H]3C[C@H]3C(=O)N(c4cccc(Cl)c4)C(=O)[C@@]23c2ccccc2)cc(OC)c1O. The van der Waals surface area contributed by atoms with Crippen molar-refractivity contribution < 1.29 is 33.8 Å². The molecule has 0 bridgehead atoms. The molecule has 1 saturated carbocycles. The third-order valence-electron chi connectivity index (χ3n) is 11.0. The number of hydrogen-bond donors (Lipinski definition) is 1. The zero-order valence-electron chi connectivity index (χ0n) is 27.2. The largest absolute Gasteiger partial charge is 0.502 e. The zero-order chi connectivity index (χ0) is 34.9. The first kappa shape index (κ1) is 32.3. The molecule has 254 valence electrons. The van der Waals surface area contributed by atoms with Crippen LogP contribution in [0.5, 0.6) is 17.2 Å². The van der Waals surface area contributed by atoms with E-state index < -0.39 is 46.8 Å². The second-order valence-electron chi connectivity index (χ2n) is 13.2. The number of phenols is 1. The van der Waals surface area contributed by atoms with E-state index in [0.29, 0.717) is 28.3 Å². The smallest absolute Gasteiger partial charge is 0.246 e. The molecule has 2 aliphatic carbocycles. The van der Waals surface area contributed by atoms with Gasteiger partial charge < -0.3 is 14.6 Å². The number of carbonyl (C=O) groups excluding carboxylic acids is 4. The number of benzene rings is 3. The fraction of sp³-hybridized carbons (Fsp3) is 0.282. The van der Waals surface area contributed by atoms with Crippen molar-refractivity contribution in [3.63, 3.8) is 0 Å². The number of methoxy groups -OCH3 is 2. The molecule has 2 saturated heterocycles. The Bertz CT molecular complexity index is 2060. The lowest BCUT2D eigenvalue weighted by Gasteiger charge is -2.50. The average molecular weight is 709 g/mol. The molecule has 50 heavy (non-hydrogen) atoms. The maximum absolute atomic E-state index is 15.4. The van der Waals surface area contributed by atoms with Crippen LogP contribution in [0.4, 0.5) is 5.69 Å². The summed E-state index contributed by atoms with van der Waals surface area (Å²) in [5, 5.41) is 13.2. The number of likely N-dealkylation sites (tertiary alicyclic amines) is 1. The number of ether oxygens (including phenoxy) is 2. The zero-order valence-corrected chi connectivity index (χ0v) is 28.8. The van der Waals surface area contributed by atoms with Crippen molar-refractivity contribution in [3.05, 3.63) is 117 Å². The molecule has 0 unspecified atom stereocenters. The van der Waals surface area contributed by atoms with Crippen LogP contribution in [-0.4, -0.2) is 47.9 Å². The first-order valence-corrected chi connectivity index (χ1v) is 17.7. The van der Waals surface area contributed by atoms with Gasteiger partial charge in [0, 0.05) is 15.8 Å². The first-order valence-electron chi connectivity index (χ1n) is 16.4.